The van der Waals surface area contributed by atoms with E-state index in [0.717, 1.165) is 77.0 Å². The van der Waals surface area contributed by atoms with Gasteiger partial charge < -0.3 is 25.2 Å². The molecule has 54 heavy (non-hydrogen) atoms. The van der Waals surface area contributed by atoms with E-state index in [-0.39, 0.29) is 19.4 Å². The van der Waals surface area contributed by atoms with E-state index >= 15 is 0 Å². The second-order valence-electron chi connectivity index (χ2n) is 13.7. The first-order valence-electron chi connectivity index (χ1n) is 20.7. The molecule has 312 valence electrons. The fourth-order valence-electron chi connectivity index (χ4n) is 5.35. The van der Waals surface area contributed by atoms with Gasteiger partial charge in [0.1, 0.15) is 12.6 Å². The van der Waals surface area contributed by atoms with E-state index in [9.17, 15) is 23.8 Å². The Morgan fingerprint density at radius 2 is 1.04 bits per heavy atom. The van der Waals surface area contributed by atoms with Gasteiger partial charge in [-0.2, -0.15) is 0 Å². The first-order valence-corrected chi connectivity index (χ1v) is 22.2. The lowest BCUT2D eigenvalue weighted by Crippen LogP contribution is -2.34. The Labute approximate surface area is 326 Å². The number of nitrogens with two attached hydrogens (primary N) is 1. The largest absolute Gasteiger partial charge is 0.480 e. The molecule has 0 saturated heterocycles. The molecule has 0 aromatic rings. The predicted molar refractivity (Wildman–Crippen MR) is 217 cm³/mol. The van der Waals surface area contributed by atoms with Crippen molar-refractivity contribution in [2.75, 3.05) is 19.8 Å². The first kappa shape index (κ1) is 51.4. The molecule has 0 spiro atoms. The Balaban J connectivity index is 4.32. The molecule has 12 heteroatoms. The number of unbranched alkanes of at least 4 members (excludes halogenated alkanes) is 16. The van der Waals surface area contributed by atoms with E-state index in [2.05, 4.69) is 67.0 Å². The normalized spacial score (nSPS) is 14.3. The Kier molecular flexibility index (Phi) is 35.6. The maximum absolute atomic E-state index is 12.6. The molecule has 0 radical (unpaired) electrons. The van der Waals surface area contributed by atoms with E-state index in [0.29, 0.717) is 12.8 Å². The highest BCUT2D eigenvalue weighted by molar-refractivity contribution is 7.47. The third kappa shape index (κ3) is 36.4. The zero-order chi connectivity index (χ0) is 40.0. The Bertz CT molecular complexity index is 1110. The van der Waals surface area contributed by atoms with Gasteiger partial charge in [-0.15, -0.1) is 0 Å². The van der Waals surface area contributed by atoms with Crippen LogP contribution >= 0.6 is 7.82 Å². The number of carbonyl (C=O) groups excluding carboxylic acids is 2. The van der Waals surface area contributed by atoms with E-state index < -0.39 is 51.1 Å². The summed E-state index contributed by atoms with van der Waals surface area (Å²) in [5.41, 5.74) is 5.32. The predicted octanol–water partition coefficient (Wildman–Crippen LogP) is 10.6. The van der Waals surface area contributed by atoms with Crippen molar-refractivity contribution in [3.8, 4) is 0 Å². The molecule has 0 heterocycles. The van der Waals surface area contributed by atoms with E-state index in [1.807, 2.05) is 0 Å². The zero-order valence-corrected chi connectivity index (χ0v) is 34.4. The van der Waals surface area contributed by atoms with Crippen LogP contribution in [0, 0.1) is 0 Å². The van der Waals surface area contributed by atoms with Crippen LogP contribution in [0.2, 0.25) is 0 Å². The number of allylic oxidation sites excluding steroid dienone is 8. The van der Waals surface area contributed by atoms with Crippen LogP contribution in [0.3, 0.4) is 0 Å². The van der Waals surface area contributed by atoms with E-state index in [4.69, 9.17) is 24.8 Å². The van der Waals surface area contributed by atoms with Crippen molar-refractivity contribution in [2.45, 2.75) is 180 Å². The maximum Gasteiger partial charge on any atom is 0.472 e. The van der Waals surface area contributed by atoms with Crippen molar-refractivity contribution in [3.63, 3.8) is 0 Å². The third-order valence-corrected chi connectivity index (χ3v) is 9.54. The fraction of sp³-hybridized carbons (Fsp3) is 0.738. The van der Waals surface area contributed by atoms with Gasteiger partial charge in [-0.3, -0.25) is 23.4 Å². The highest BCUT2D eigenvalue weighted by Crippen LogP contribution is 2.43. The summed E-state index contributed by atoms with van der Waals surface area (Å²) in [4.78, 5) is 45.8. The number of carboxylic acids is 1. The number of carboxylic acid groups (broad SMARTS) is 1. The van der Waals surface area contributed by atoms with Crippen molar-refractivity contribution in [2.24, 2.45) is 5.73 Å². The van der Waals surface area contributed by atoms with Crippen molar-refractivity contribution in [1.82, 2.24) is 0 Å². The lowest BCUT2D eigenvalue weighted by Gasteiger charge is -2.20. The number of hydrogen-bond donors (Lipinski definition) is 3. The lowest BCUT2D eigenvalue weighted by molar-refractivity contribution is -0.161. The van der Waals surface area contributed by atoms with Crippen LogP contribution in [0.1, 0.15) is 168 Å². The van der Waals surface area contributed by atoms with E-state index in [1.165, 1.54) is 51.4 Å². The Morgan fingerprint density at radius 3 is 1.56 bits per heavy atom. The molecule has 0 saturated carbocycles. The molecule has 0 bridgehead atoms. The van der Waals surface area contributed by atoms with Crippen LogP contribution < -0.4 is 5.73 Å². The van der Waals surface area contributed by atoms with Crippen LogP contribution in [-0.4, -0.2) is 59.9 Å². The smallest absolute Gasteiger partial charge is 0.472 e. The molecule has 0 aromatic carbocycles. The topological polar surface area (TPSA) is 172 Å². The summed E-state index contributed by atoms with van der Waals surface area (Å²) in [7, 11) is -4.71. The summed E-state index contributed by atoms with van der Waals surface area (Å²) in [6.45, 7) is 2.64. The van der Waals surface area contributed by atoms with Gasteiger partial charge in [0.05, 0.1) is 13.2 Å². The van der Waals surface area contributed by atoms with Gasteiger partial charge in [-0.05, 0) is 51.4 Å². The highest BCUT2D eigenvalue weighted by atomic mass is 31.2. The van der Waals surface area contributed by atoms with Crippen LogP contribution in [0.4, 0.5) is 0 Å². The molecule has 0 amide bonds. The van der Waals surface area contributed by atoms with Gasteiger partial charge in [0.2, 0.25) is 0 Å². The van der Waals surface area contributed by atoms with Crippen LogP contribution in [0.15, 0.2) is 48.6 Å². The second kappa shape index (κ2) is 37.4. The van der Waals surface area contributed by atoms with Crippen molar-refractivity contribution in [1.29, 1.82) is 0 Å². The minimum atomic E-state index is -4.71. The van der Waals surface area contributed by atoms with Crippen LogP contribution in [0.25, 0.3) is 0 Å². The molecule has 0 fully saturated rings. The molecule has 3 unspecified atom stereocenters. The Morgan fingerprint density at radius 1 is 0.593 bits per heavy atom. The van der Waals surface area contributed by atoms with Crippen LogP contribution in [-0.2, 0) is 37.5 Å². The molecule has 4 N–H and O–H groups in total. The molecule has 11 nitrogen and oxygen atoms in total. The standard InChI is InChI=1S/C42H74NO10P/c1-3-5-7-9-11-13-14-15-16-17-18-19-20-21-22-23-24-26-28-30-32-34-41(45)53-38(36-51-54(48,49)52-37-39(43)42(46)47)35-50-40(44)33-31-29-27-25-12-10-8-6-4-2/h5,7,11,13,15-16,18-19,38-39H,3-4,6,8-10,12,14,17,20-37,43H2,1-2H3,(H,46,47)(H,48,49)/b7-5-,13-11-,16-15-,19-18-. The van der Waals surface area contributed by atoms with Gasteiger partial charge in [0.15, 0.2) is 6.10 Å². The Hall–Kier alpha value is -2.56. The zero-order valence-electron chi connectivity index (χ0n) is 33.6. The minimum Gasteiger partial charge on any atom is -0.480 e. The van der Waals surface area contributed by atoms with Crippen molar-refractivity contribution in [3.05, 3.63) is 48.6 Å². The molecule has 0 aliphatic rings. The van der Waals surface area contributed by atoms with E-state index in [1.54, 1.807) is 0 Å². The average molecular weight is 784 g/mol. The number of phosphoric ester groups is 1. The summed E-state index contributed by atoms with van der Waals surface area (Å²) < 4.78 is 32.6. The quantitative estimate of drug-likeness (QED) is 0.0235. The fourth-order valence-corrected chi connectivity index (χ4v) is 6.13. The van der Waals surface area contributed by atoms with Gasteiger partial charge in [0, 0.05) is 12.8 Å². The molecule has 3 atom stereocenters. The minimum absolute atomic E-state index is 0.151. The molecule has 0 aromatic heterocycles. The number of aliphatic carboxylic acids is 1. The number of rotatable bonds is 38. The van der Waals surface area contributed by atoms with Crippen LogP contribution in [0.5, 0.6) is 0 Å². The first-order chi connectivity index (χ1) is 26.1. The lowest BCUT2D eigenvalue weighted by atomic mass is 10.1. The van der Waals surface area contributed by atoms with Gasteiger partial charge >= 0.3 is 25.7 Å². The third-order valence-electron chi connectivity index (χ3n) is 8.59. The summed E-state index contributed by atoms with van der Waals surface area (Å²) in [6, 6.07) is -1.52. The summed E-state index contributed by atoms with van der Waals surface area (Å²) in [5.74, 6) is -2.39. The molecular formula is C42H74NO10P. The number of phosphoric acid groups is 1. The van der Waals surface area contributed by atoms with Gasteiger partial charge in [0.25, 0.3) is 0 Å². The molecule has 0 aliphatic carbocycles. The summed E-state index contributed by atoms with van der Waals surface area (Å²) in [5, 5.41) is 8.87. The highest BCUT2D eigenvalue weighted by Gasteiger charge is 2.28. The number of ether oxygens (including phenoxy) is 2. The van der Waals surface area contributed by atoms with Gasteiger partial charge in [-0.1, -0.05) is 152 Å². The van der Waals surface area contributed by atoms with Crippen molar-refractivity contribution >= 4 is 25.7 Å². The number of esters is 2. The second-order valence-corrected chi connectivity index (χ2v) is 15.2. The number of carbonyl (C=O) groups is 3. The SMILES string of the molecule is CC/C=C\C/C=C\C/C=C\C/C=C\CCCCCCCCCCC(=O)OC(COC(=O)CCCCCCCCCCC)COP(=O)(O)OCC(N)C(=O)O. The summed E-state index contributed by atoms with van der Waals surface area (Å²) in [6.07, 6.45) is 40.4. The molecule has 0 aliphatic heterocycles. The van der Waals surface area contributed by atoms with Gasteiger partial charge in [-0.25, -0.2) is 4.57 Å². The molecular weight excluding hydrogens is 709 g/mol. The molecule has 0 rings (SSSR count). The monoisotopic (exact) mass is 784 g/mol. The number of hydrogen-bond acceptors (Lipinski definition) is 9. The maximum atomic E-state index is 12.6. The van der Waals surface area contributed by atoms with Crippen molar-refractivity contribution < 1.29 is 47.5 Å². The summed E-state index contributed by atoms with van der Waals surface area (Å²) >= 11 is 0. The average Bonchev–Trinajstić information content (AvgIpc) is 3.14.